The Labute approximate surface area is 145 Å². The van der Waals surface area contributed by atoms with Gasteiger partial charge in [-0.1, -0.05) is 47.6 Å². The Morgan fingerprint density at radius 1 is 1.08 bits per heavy atom. The van der Waals surface area contributed by atoms with Crippen LogP contribution in [0.25, 0.3) is 0 Å². The normalized spacial score (nSPS) is 21.2. The molecule has 0 aliphatic carbocycles. The van der Waals surface area contributed by atoms with Crippen molar-refractivity contribution in [2.75, 3.05) is 13.2 Å². The fourth-order valence-corrected chi connectivity index (χ4v) is 2.83. The highest BCUT2D eigenvalue weighted by molar-refractivity contribution is 6.39. The second kappa shape index (κ2) is 6.84. The van der Waals surface area contributed by atoms with Crippen LogP contribution in [0.4, 0.5) is 0 Å². The van der Waals surface area contributed by atoms with E-state index in [9.17, 15) is 4.79 Å². The molecule has 0 saturated carbocycles. The molecule has 2 aromatic rings. The van der Waals surface area contributed by atoms with Crippen molar-refractivity contribution in [3.8, 4) is 11.5 Å². The van der Waals surface area contributed by atoms with Crippen LogP contribution in [-0.2, 0) is 9.63 Å². The van der Waals surface area contributed by atoms with Crippen molar-refractivity contribution in [2.24, 2.45) is 5.16 Å². The zero-order valence-electron chi connectivity index (χ0n) is 13.6. The molecule has 6 nitrogen and oxygen atoms in total. The first-order valence-electron chi connectivity index (χ1n) is 8.24. The minimum atomic E-state index is -0.235. The van der Waals surface area contributed by atoms with Crippen LogP contribution in [0.3, 0.4) is 0 Å². The molecule has 0 fully saturated rings. The molecule has 0 saturated heterocycles. The topological polar surface area (TPSA) is 69.2 Å². The number of nitrogens with one attached hydrogen (secondary N) is 1. The molecule has 0 spiro atoms. The first-order valence-corrected chi connectivity index (χ1v) is 8.24. The lowest BCUT2D eigenvalue weighted by atomic mass is 10.0. The van der Waals surface area contributed by atoms with E-state index in [0.717, 1.165) is 11.3 Å². The summed E-state index contributed by atoms with van der Waals surface area (Å²) >= 11 is 0. The number of carbonyl (C=O) groups excluding carboxylic acids is 1. The van der Waals surface area contributed by atoms with Crippen molar-refractivity contribution in [1.82, 2.24) is 5.32 Å². The summed E-state index contributed by atoms with van der Waals surface area (Å²) in [7, 11) is 0. The molecule has 128 valence electrons. The molecule has 2 aliphatic rings. The standard InChI is InChI=1S/C19H18N2O4/c22-19(15-10-18(25-21-15)13-6-2-1-3-7-13)20-11-14-12-23-16-8-4-5-9-17(16)24-14/h1-9,14,18H,10-12H2,(H,20,22)/t14-,18+/m0/s1. The first kappa shape index (κ1) is 15.5. The zero-order valence-corrected chi connectivity index (χ0v) is 13.6. The number of rotatable bonds is 4. The number of oxime groups is 1. The number of para-hydroxylation sites is 2. The maximum atomic E-state index is 12.3. The van der Waals surface area contributed by atoms with Crippen molar-refractivity contribution >= 4 is 11.6 Å². The van der Waals surface area contributed by atoms with E-state index in [-0.39, 0.29) is 18.1 Å². The minimum Gasteiger partial charge on any atom is -0.486 e. The summed E-state index contributed by atoms with van der Waals surface area (Å²) < 4.78 is 11.5. The van der Waals surface area contributed by atoms with Crippen molar-refractivity contribution in [3.63, 3.8) is 0 Å². The van der Waals surface area contributed by atoms with Gasteiger partial charge in [-0.05, 0) is 17.7 Å². The second-order valence-corrected chi connectivity index (χ2v) is 5.95. The SMILES string of the molecule is O=C(NC[C@H]1COc2ccccc2O1)C1=NO[C@@H](c2ccccc2)C1. The van der Waals surface area contributed by atoms with Crippen molar-refractivity contribution in [3.05, 3.63) is 60.2 Å². The van der Waals surface area contributed by atoms with Crippen molar-refractivity contribution in [1.29, 1.82) is 0 Å². The predicted octanol–water partition coefficient (Wildman–Crippen LogP) is 2.46. The summed E-state index contributed by atoms with van der Waals surface area (Å²) in [6, 6.07) is 17.2. The van der Waals surface area contributed by atoms with E-state index >= 15 is 0 Å². The summed E-state index contributed by atoms with van der Waals surface area (Å²) in [5, 5.41) is 6.77. The Morgan fingerprint density at radius 2 is 1.84 bits per heavy atom. The molecule has 2 heterocycles. The molecule has 0 unspecified atom stereocenters. The van der Waals surface area contributed by atoms with Gasteiger partial charge >= 0.3 is 0 Å². The predicted molar refractivity (Wildman–Crippen MR) is 91.7 cm³/mol. The average molecular weight is 338 g/mol. The summed E-state index contributed by atoms with van der Waals surface area (Å²) in [4.78, 5) is 17.7. The number of nitrogens with zero attached hydrogens (tertiary/aromatic N) is 1. The van der Waals surface area contributed by atoms with Crippen LogP contribution in [0.1, 0.15) is 18.1 Å². The molecule has 0 bridgehead atoms. The molecule has 6 heteroatoms. The number of hydrogen-bond acceptors (Lipinski definition) is 5. The van der Waals surface area contributed by atoms with Crippen molar-refractivity contribution in [2.45, 2.75) is 18.6 Å². The Kier molecular flexibility index (Phi) is 4.24. The Bertz CT molecular complexity index is 791. The number of hydrogen-bond donors (Lipinski definition) is 1. The van der Waals surface area contributed by atoms with E-state index in [2.05, 4.69) is 10.5 Å². The molecular weight excluding hydrogens is 320 g/mol. The fraction of sp³-hybridized carbons (Fsp3) is 0.263. The number of ether oxygens (including phenoxy) is 2. The molecule has 2 atom stereocenters. The van der Waals surface area contributed by atoms with Crippen LogP contribution >= 0.6 is 0 Å². The van der Waals surface area contributed by atoms with Gasteiger partial charge in [-0.3, -0.25) is 4.79 Å². The summed E-state index contributed by atoms with van der Waals surface area (Å²) in [5.74, 6) is 1.18. The fourth-order valence-electron chi connectivity index (χ4n) is 2.83. The quantitative estimate of drug-likeness (QED) is 0.930. The van der Waals surface area contributed by atoms with Gasteiger partial charge in [0, 0.05) is 6.42 Å². The highest BCUT2D eigenvalue weighted by Crippen LogP contribution is 2.31. The summed E-state index contributed by atoms with van der Waals surface area (Å²) in [5.41, 5.74) is 1.40. The van der Waals surface area contributed by atoms with Gasteiger partial charge < -0.3 is 19.6 Å². The van der Waals surface area contributed by atoms with E-state index in [4.69, 9.17) is 14.3 Å². The lowest BCUT2D eigenvalue weighted by Gasteiger charge is -2.26. The largest absolute Gasteiger partial charge is 0.486 e. The van der Waals surface area contributed by atoms with E-state index in [0.29, 0.717) is 31.0 Å². The highest BCUT2D eigenvalue weighted by Gasteiger charge is 2.28. The lowest BCUT2D eigenvalue weighted by molar-refractivity contribution is -0.115. The average Bonchev–Trinajstić information content (AvgIpc) is 3.17. The van der Waals surface area contributed by atoms with Crippen LogP contribution in [0, 0.1) is 0 Å². The van der Waals surface area contributed by atoms with Crippen LogP contribution in [0.2, 0.25) is 0 Å². The Balaban J connectivity index is 1.29. The third-order valence-electron chi connectivity index (χ3n) is 4.16. The molecular formula is C19H18N2O4. The molecule has 25 heavy (non-hydrogen) atoms. The number of amides is 1. The van der Waals surface area contributed by atoms with Gasteiger partial charge in [-0.2, -0.15) is 0 Å². The number of benzene rings is 2. The zero-order chi connectivity index (χ0) is 17.1. The summed E-state index contributed by atoms with van der Waals surface area (Å²) in [6.07, 6.45) is 0.0236. The van der Waals surface area contributed by atoms with Gasteiger partial charge in [0.05, 0.1) is 6.54 Å². The number of fused-ring (bicyclic) bond motifs is 1. The Hall–Kier alpha value is -3.02. The van der Waals surface area contributed by atoms with Crippen LogP contribution in [0.15, 0.2) is 59.8 Å². The lowest BCUT2D eigenvalue weighted by Crippen LogP contribution is -2.42. The highest BCUT2D eigenvalue weighted by atomic mass is 16.6. The van der Waals surface area contributed by atoms with Crippen LogP contribution < -0.4 is 14.8 Å². The molecule has 2 aliphatic heterocycles. The van der Waals surface area contributed by atoms with Gasteiger partial charge in [-0.25, -0.2) is 0 Å². The first-order chi connectivity index (χ1) is 12.3. The maximum Gasteiger partial charge on any atom is 0.269 e. The smallest absolute Gasteiger partial charge is 0.269 e. The van der Waals surface area contributed by atoms with Gasteiger partial charge in [0.15, 0.2) is 17.6 Å². The van der Waals surface area contributed by atoms with Crippen LogP contribution in [-0.4, -0.2) is 30.9 Å². The van der Waals surface area contributed by atoms with E-state index < -0.39 is 0 Å². The summed E-state index contributed by atoms with van der Waals surface area (Å²) in [6.45, 7) is 0.745. The molecule has 4 rings (SSSR count). The van der Waals surface area contributed by atoms with Crippen LogP contribution in [0.5, 0.6) is 11.5 Å². The second-order valence-electron chi connectivity index (χ2n) is 5.95. The third-order valence-corrected chi connectivity index (χ3v) is 4.16. The van der Waals surface area contributed by atoms with Crippen molar-refractivity contribution < 1.29 is 19.1 Å². The number of carbonyl (C=O) groups is 1. The molecule has 0 aromatic heterocycles. The Morgan fingerprint density at radius 3 is 2.68 bits per heavy atom. The van der Waals surface area contributed by atoms with Gasteiger partial charge in [0.1, 0.15) is 18.4 Å². The van der Waals surface area contributed by atoms with Gasteiger partial charge in [-0.15, -0.1) is 0 Å². The maximum absolute atomic E-state index is 12.3. The third kappa shape index (κ3) is 3.42. The monoisotopic (exact) mass is 338 g/mol. The molecule has 2 aromatic carbocycles. The van der Waals surface area contributed by atoms with E-state index in [1.807, 2.05) is 54.6 Å². The van der Waals surface area contributed by atoms with E-state index in [1.54, 1.807) is 0 Å². The van der Waals surface area contributed by atoms with E-state index in [1.165, 1.54) is 0 Å². The molecule has 1 N–H and O–H groups in total. The molecule has 1 amide bonds. The minimum absolute atomic E-state index is 0.205. The molecule has 0 radical (unpaired) electrons. The van der Waals surface area contributed by atoms with Gasteiger partial charge in [0.2, 0.25) is 0 Å². The van der Waals surface area contributed by atoms with Gasteiger partial charge in [0.25, 0.3) is 5.91 Å².